The number of carbonyl (C=O) groups excluding carboxylic acids is 2. The van der Waals surface area contributed by atoms with Gasteiger partial charge in [-0.05, 0) is 23.8 Å². The molecule has 1 aliphatic heterocycles. The number of nitrogens with one attached hydrogen (secondary N) is 2. The van der Waals surface area contributed by atoms with Crippen molar-refractivity contribution < 1.29 is 14.3 Å². The Morgan fingerprint density at radius 2 is 2.12 bits per heavy atom. The summed E-state index contributed by atoms with van der Waals surface area (Å²) >= 11 is 0. The Labute approximate surface area is 137 Å². The van der Waals surface area contributed by atoms with E-state index in [2.05, 4.69) is 15.5 Å². The first-order valence-electron chi connectivity index (χ1n) is 7.35. The molecule has 0 bridgehead atoms. The van der Waals surface area contributed by atoms with Crippen molar-refractivity contribution in [2.75, 3.05) is 12.4 Å². The highest BCUT2D eigenvalue weighted by Gasteiger charge is 2.28. The van der Waals surface area contributed by atoms with Crippen LogP contribution in [0.4, 0.5) is 5.69 Å². The van der Waals surface area contributed by atoms with E-state index in [4.69, 9.17) is 4.74 Å². The zero-order chi connectivity index (χ0) is 16.7. The molecule has 2 N–H and O–H groups in total. The van der Waals surface area contributed by atoms with Crippen LogP contribution in [-0.4, -0.2) is 29.2 Å². The van der Waals surface area contributed by atoms with Gasteiger partial charge in [0.2, 0.25) is 0 Å². The number of para-hydroxylation sites is 1. The molecule has 0 aliphatic carbocycles. The fraction of sp³-hybridized carbons (Fsp3) is 0.0556. The lowest BCUT2D eigenvalue weighted by Gasteiger charge is -2.05. The molecule has 0 saturated heterocycles. The lowest BCUT2D eigenvalue weighted by molar-refractivity contribution is -0.110. The normalized spacial score (nSPS) is 14.7. The maximum Gasteiger partial charge on any atom is 0.339 e. The number of anilines is 1. The number of rotatable bonds is 2. The number of ether oxygens (including phenoxy) is 1. The molecule has 0 saturated carbocycles. The van der Waals surface area contributed by atoms with Crippen molar-refractivity contribution in [3.05, 3.63) is 59.3 Å². The van der Waals surface area contributed by atoms with Crippen LogP contribution < -0.4 is 5.32 Å². The van der Waals surface area contributed by atoms with E-state index < -0.39 is 5.97 Å². The van der Waals surface area contributed by atoms with Crippen LogP contribution in [0.25, 0.3) is 22.6 Å². The van der Waals surface area contributed by atoms with Crippen LogP contribution in [0.5, 0.6) is 0 Å². The van der Waals surface area contributed by atoms with Crippen LogP contribution in [0.15, 0.2) is 42.6 Å². The van der Waals surface area contributed by atoms with Crippen LogP contribution in [0.3, 0.4) is 0 Å². The molecule has 1 aromatic heterocycles. The highest BCUT2D eigenvalue weighted by Crippen LogP contribution is 2.36. The van der Waals surface area contributed by atoms with Crippen LogP contribution in [0, 0.1) is 0 Å². The smallest absolute Gasteiger partial charge is 0.339 e. The Balaban J connectivity index is 1.83. The summed E-state index contributed by atoms with van der Waals surface area (Å²) in [6.07, 6.45) is 3.54. The van der Waals surface area contributed by atoms with Gasteiger partial charge in [-0.2, -0.15) is 5.10 Å². The van der Waals surface area contributed by atoms with Gasteiger partial charge < -0.3 is 10.1 Å². The van der Waals surface area contributed by atoms with Gasteiger partial charge in [0.25, 0.3) is 5.91 Å². The summed E-state index contributed by atoms with van der Waals surface area (Å²) in [5.41, 5.74) is 3.79. The third-order valence-corrected chi connectivity index (χ3v) is 4.02. The number of nitrogens with zero attached hydrogens (tertiary/aromatic N) is 1. The van der Waals surface area contributed by atoms with Crippen molar-refractivity contribution in [1.82, 2.24) is 10.2 Å². The van der Waals surface area contributed by atoms with Crippen molar-refractivity contribution >= 4 is 40.1 Å². The van der Waals surface area contributed by atoms with Gasteiger partial charge in [0.15, 0.2) is 0 Å². The fourth-order valence-electron chi connectivity index (χ4n) is 2.85. The molecule has 24 heavy (non-hydrogen) atoms. The van der Waals surface area contributed by atoms with Gasteiger partial charge in [-0.25, -0.2) is 4.79 Å². The third kappa shape index (κ3) is 2.16. The quantitative estimate of drug-likeness (QED) is 0.562. The van der Waals surface area contributed by atoms with Crippen LogP contribution in [0.2, 0.25) is 0 Å². The number of carbonyl (C=O) groups is 2. The zero-order valence-corrected chi connectivity index (χ0v) is 12.8. The lowest BCUT2D eigenvalue weighted by Crippen LogP contribution is -2.08. The van der Waals surface area contributed by atoms with E-state index in [0.29, 0.717) is 22.4 Å². The largest absolute Gasteiger partial charge is 0.465 e. The van der Waals surface area contributed by atoms with E-state index in [1.54, 1.807) is 30.5 Å². The van der Waals surface area contributed by atoms with E-state index in [1.807, 2.05) is 18.2 Å². The summed E-state index contributed by atoms with van der Waals surface area (Å²) in [7, 11) is 1.31. The Morgan fingerprint density at radius 3 is 2.96 bits per heavy atom. The van der Waals surface area contributed by atoms with Crippen molar-refractivity contribution in [1.29, 1.82) is 0 Å². The van der Waals surface area contributed by atoms with Gasteiger partial charge in [0.1, 0.15) is 0 Å². The highest BCUT2D eigenvalue weighted by atomic mass is 16.5. The minimum Gasteiger partial charge on any atom is -0.465 e. The number of aromatic nitrogens is 2. The average molecular weight is 319 g/mol. The monoisotopic (exact) mass is 319 g/mol. The molecule has 118 valence electrons. The number of amides is 1. The number of aromatic amines is 1. The lowest BCUT2D eigenvalue weighted by atomic mass is 10.0. The van der Waals surface area contributed by atoms with Gasteiger partial charge in [-0.1, -0.05) is 24.3 Å². The molecule has 0 spiro atoms. The zero-order valence-electron chi connectivity index (χ0n) is 12.8. The Kier molecular flexibility index (Phi) is 3.16. The van der Waals surface area contributed by atoms with Gasteiger partial charge in [0.05, 0.1) is 30.1 Å². The van der Waals surface area contributed by atoms with E-state index in [1.165, 1.54) is 7.11 Å². The van der Waals surface area contributed by atoms with Crippen LogP contribution >= 0.6 is 0 Å². The molecule has 1 aliphatic rings. The van der Waals surface area contributed by atoms with Crippen molar-refractivity contribution in [3.63, 3.8) is 0 Å². The van der Waals surface area contributed by atoms with E-state index in [-0.39, 0.29) is 5.91 Å². The molecule has 3 aromatic rings. The number of hydrogen-bond acceptors (Lipinski definition) is 4. The van der Waals surface area contributed by atoms with Crippen LogP contribution in [-0.2, 0) is 9.53 Å². The third-order valence-electron chi connectivity index (χ3n) is 4.02. The first-order chi connectivity index (χ1) is 11.7. The van der Waals surface area contributed by atoms with Crippen LogP contribution in [0.1, 0.15) is 21.5 Å². The molecular weight excluding hydrogens is 306 g/mol. The second-order valence-electron chi connectivity index (χ2n) is 5.45. The summed E-state index contributed by atoms with van der Waals surface area (Å²) < 4.78 is 4.77. The van der Waals surface area contributed by atoms with Crippen molar-refractivity contribution in [2.24, 2.45) is 0 Å². The van der Waals surface area contributed by atoms with E-state index in [9.17, 15) is 9.59 Å². The fourth-order valence-corrected chi connectivity index (χ4v) is 2.85. The Morgan fingerprint density at radius 1 is 1.25 bits per heavy atom. The summed E-state index contributed by atoms with van der Waals surface area (Å²) in [6, 6.07) is 10.9. The number of H-pyrrole nitrogens is 1. The van der Waals surface area contributed by atoms with Crippen molar-refractivity contribution in [3.8, 4) is 0 Å². The molecule has 4 rings (SSSR count). The van der Waals surface area contributed by atoms with Gasteiger partial charge in [-0.15, -0.1) is 0 Å². The predicted octanol–water partition coefficient (Wildman–Crippen LogP) is 2.84. The SMILES string of the molecule is COC(=O)c1cccc2c1NC(=O)/C2=C\c1ccc2cn[nH]c2c1. The van der Waals surface area contributed by atoms with E-state index >= 15 is 0 Å². The topological polar surface area (TPSA) is 84.1 Å². The predicted molar refractivity (Wildman–Crippen MR) is 90.4 cm³/mol. The standard InChI is InChI=1S/C18H13N3O3/c1-24-18(23)13-4-2-3-12-14(17(22)20-16(12)13)7-10-5-6-11-9-19-21-15(11)8-10/h2-9H,1H3,(H,19,21)(H,20,22)/b14-7-. The summed E-state index contributed by atoms with van der Waals surface area (Å²) in [4.78, 5) is 24.2. The molecule has 6 heteroatoms. The van der Waals surface area contributed by atoms with Gasteiger partial charge in [0, 0.05) is 16.5 Å². The summed E-state index contributed by atoms with van der Waals surface area (Å²) in [5.74, 6) is -0.724. The molecule has 2 aromatic carbocycles. The van der Waals surface area contributed by atoms with E-state index in [0.717, 1.165) is 16.5 Å². The molecule has 0 atom stereocenters. The Hall–Kier alpha value is -3.41. The second kappa shape index (κ2) is 5.34. The second-order valence-corrected chi connectivity index (χ2v) is 5.45. The number of hydrogen-bond donors (Lipinski definition) is 2. The highest BCUT2D eigenvalue weighted by molar-refractivity contribution is 6.36. The number of fused-ring (bicyclic) bond motifs is 2. The molecule has 1 amide bonds. The summed E-state index contributed by atoms with van der Waals surface area (Å²) in [5, 5.41) is 10.7. The summed E-state index contributed by atoms with van der Waals surface area (Å²) in [6.45, 7) is 0. The number of esters is 1. The first-order valence-corrected chi connectivity index (χ1v) is 7.35. The number of methoxy groups -OCH3 is 1. The van der Waals surface area contributed by atoms with Crippen molar-refractivity contribution in [2.45, 2.75) is 0 Å². The van der Waals surface area contributed by atoms with Gasteiger partial charge in [-0.3, -0.25) is 9.89 Å². The molecule has 6 nitrogen and oxygen atoms in total. The molecule has 0 unspecified atom stereocenters. The number of benzene rings is 2. The maximum absolute atomic E-state index is 12.4. The maximum atomic E-state index is 12.4. The molecule has 0 fully saturated rings. The molecule has 2 heterocycles. The first kappa shape index (κ1) is 14.2. The van der Waals surface area contributed by atoms with Gasteiger partial charge >= 0.3 is 5.97 Å². The minimum absolute atomic E-state index is 0.244. The molecule has 0 radical (unpaired) electrons. The Bertz CT molecular complexity index is 1020. The molecular formula is C18H13N3O3. The minimum atomic E-state index is -0.479. The average Bonchev–Trinajstić information content (AvgIpc) is 3.18.